The summed E-state index contributed by atoms with van der Waals surface area (Å²) in [7, 11) is 0. The Bertz CT molecular complexity index is 168. The van der Waals surface area contributed by atoms with E-state index in [0.717, 1.165) is 17.3 Å². The van der Waals surface area contributed by atoms with Crippen LogP contribution in [0.2, 0.25) is 0 Å². The minimum absolute atomic E-state index is 0.108. The molecule has 1 rings (SSSR count). The Balaban J connectivity index is 2.41. The summed E-state index contributed by atoms with van der Waals surface area (Å²) in [6.45, 7) is 0.546. The molecule has 2 nitrogen and oxygen atoms in total. The van der Waals surface area contributed by atoms with Gasteiger partial charge in [0.25, 0.3) is 0 Å². The number of hydrogen-bond acceptors (Lipinski definition) is 2. The van der Waals surface area contributed by atoms with Crippen LogP contribution in [-0.4, -0.2) is 24.4 Å². The molecule has 0 aromatic rings. The molecule has 0 bridgehead atoms. The number of halogens is 1. The highest BCUT2D eigenvalue weighted by molar-refractivity contribution is 9.11. The minimum atomic E-state index is 0.108. The molecule has 1 unspecified atom stereocenters. The standard InChI is InChI=1S/C10H17BrO2/c11-9-5-3-1-2-4-6-10(9)13-8-7-12/h5,10,12H,1-4,6-8H2/b9-5+. The molecule has 1 aliphatic rings. The molecular formula is C10H17BrO2. The van der Waals surface area contributed by atoms with E-state index in [0.29, 0.717) is 6.61 Å². The number of aliphatic hydroxyl groups is 1. The Labute approximate surface area is 88.1 Å². The van der Waals surface area contributed by atoms with Gasteiger partial charge in [0.2, 0.25) is 0 Å². The molecule has 0 aromatic heterocycles. The molecule has 0 fully saturated rings. The van der Waals surface area contributed by atoms with Crippen molar-refractivity contribution in [2.75, 3.05) is 13.2 Å². The van der Waals surface area contributed by atoms with Crippen LogP contribution in [0.15, 0.2) is 10.6 Å². The van der Waals surface area contributed by atoms with Crippen molar-refractivity contribution in [1.82, 2.24) is 0 Å². The van der Waals surface area contributed by atoms with Gasteiger partial charge >= 0.3 is 0 Å². The Morgan fingerprint density at radius 2 is 2.31 bits per heavy atom. The van der Waals surface area contributed by atoms with Crippen LogP contribution in [-0.2, 0) is 4.74 Å². The van der Waals surface area contributed by atoms with Crippen molar-refractivity contribution in [3.05, 3.63) is 10.6 Å². The summed E-state index contributed by atoms with van der Waals surface area (Å²) < 4.78 is 6.67. The smallest absolute Gasteiger partial charge is 0.0887 e. The predicted octanol–water partition coefficient (Wildman–Crippen LogP) is 2.61. The molecule has 0 saturated heterocycles. The molecule has 1 aliphatic carbocycles. The highest BCUT2D eigenvalue weighted by Crippen LogP contribution is 2.24. The van der Waals surface area contributed by atoms with Gasteiger partial charge < -0.3 is 9.84 Å². The first-order valence-corrected chi connectivity index (χ1v) is 5.72. The second kappa shape index (κ2) is 6.57. The average Bonchev–Trinajstić information content (AvgIpc) is 2.11. The fourth-order valence-electron chi connectivity index (χ4n) is 1.52. The van der Waals surface area contributed by atoms with Crippen LogP contribution in [0.5, 0.6) is 0 Å². The Morgan fingerprint density at radius 1 is 1.46 bits per heavy atom. The third-order valence-corrected chi connectivity index (χ3v) is 3.06. The van der Waals surface area contributed by atoms with Crippen molar-refractivity contribution in [3.8, 4) is 0 Å². The van der Waals surface area contributed by atoms with E-state index < -0.39 is 0 Å². The van der Waals surface area contributed by atoms with E-state index >= 15 is 0 Å². The molecule has 0 amide bonds. The van der Waals surface area contributed by atoms with Crippen LogP contribution in [0.4, 0.5) is 0 Å². The molecule has 0 heterocycles. The molecule has 0 aromatic carbocycles. The van der Waals surface area contributed by atoms with E-state index in [-0.39, 0.29) is 12.7 Å². The zero-order valence-corrected chi connectivity index (χ0v) is 9.42. The lowest BCUT2D eigenvalue weighted by Crippen LogP contribution is -2.16. The maximum absolute atomic E-state index is 8.65. The molecule has 0 saturated carbocycles. The first kappa shape index (κ1) is 11.2. The molecule has 0 radical (unpaired) electrons. The summed E-state index contributed by atoms with van der Waals surface area (Å²) in [4.78, 5) is 0. The van der Waals surface area contributed by atoms with Crippen LogP contribution in [0, 0.1) is 0 Å². The predicted molar refractivity (Wildman–Crippen MR) is 56.9 cm³/mol. The molecule has 13 heavy (non-hydrogen) atoms. The van der Waals surface area contributed by atoms with Crippen molar-refractivity contribution >= 4 is 15.9 Å². The lowest BCUT2D eigenvalue weighted by atomic mass is 10.0. The second-order valence-corrected chi connectivity index (χ2v) is 4.23. The highest BCUT2D eigenvalue weighted by atomic mass is 79.9. The van der Waals surface area contributed by atoms with E-state index in [4.69, 9.17) is 9.84 Å². The van der Waals surface area contributed by atoms with E-state index in [1.807, 2.05) is 0 Å². The highest BCUT2D eigenvalue weighted by Gasteiger charge is 2.13. The minimum Gasteiger partial charge on any atom is -0.394 e. The lowest BCUT2D eigenvalue weighted by Gasteiger charge is -2.19. The van der Waals surface area contributed by atoms with Crippen LogP contribution >= 0.6 is 15.9 Å². The molecule has 3 heteroatoms. The monoisotopic (exact) mass is 248 g/mol. The molecule has 0 spiro atoms. The maximum atomic E-state index is 8.65. The maximum Gasteiger partial charge on any atom is 0.0887 e. The van der Waals surface area contributed by atoms with E-state index in [9.17, 15) is 0 Å². The zero-order chi connectivity index (χ0) is 9.52. The number of ether oxygens (including phenoxy) is 1. The lowest BCUT2D eigenvalue weighted by molar-refractivity contribution is 0.0467. The number of rotatable bonds is 3. The Hall–Kier alpha value is 0.140. The number of aliphatic hydroxyl groups excluding tert-OH is 1. The quantitative estimate of drug-likeness (QED) is 0.833. The van der Waals surface area contributed by atoms with Gasteiger partial charge in [0.1, 0.15) is 0 Å². The molecular weight excluding hydrogens is 232 g/mol. The second-order valence-electron chi connectivity index (χ2n) is 3.31. The van der Waals surface area contributed by atoms with E-state index in [1.165, 1.54) is 19.3 Å². The fraction of sp³-hybridized carbons (Fsp3) is 0.800. The molecule has 76 valence electrons. The van der Waals surface area contributed by atoms with Gasteiger partial charge in [-0.1, -0.05) is 34.8 Å². The van der Waals surface area contributed by atoms with Crippen molar-refractivity contribution in [2.24, 2.45) is 0 Å². The van der Waals surface area contributed by atoms with Gasteiger partial charge in [-0.05, 0) is 19.3 Å². The summed E-state index contributed by atoms with van der Waals surface area (Å²) in [6.07, 6.45) is 8.36. The summed E-state index contributed by atoms with van der Waals surface area (Å²) in [6, 6.07) is 0. The first-order chi connectivity index (χ1) is 6.34. The third-order valence-electron chi connectivity index (χ3n) is 2.23. The fourth-order valence-corrected chi connectivity index (χ4v) is 2.11. The topological polar surface area (TPSA) is 29.5 Å². The van der Waals surface area contributed by atoms with Gasteiger partial charge in [0, 0.05) is 4.48 Å². The van der Waals surface area contributed by atoms with Crippen LogP contribution in [0.1, 0.15) is 32.1 Å². The van der Waals surface area contributed by atoms with Crippen molar-refractivity contribution in [2.45, 2.75) is 38.2 Å². The summed E-state index contributed by atoms with van der Waals surface area (Å²) in [5.41, 5.74) is 0. The third kappa shape index (κ3) is 4.25. The molecule has 0 aliphatic heterocycles. The van der Waals surface area contributed by atoms with Crippen LogP contribution < -0.4 is 0 Å². The van der Waals surface area contributed by atoms with E-state index in [2.05, 4.69) is 22.0 Å². The Kier molecular flexibility index (Phi) is 5.67. The van der Waals surface area contributed by atoms with Gasteiger partial charge in [-0.25, -0.2) is 0 Å². The molecule has 1 atom stereocenters. The average molecular weight is 249 g/mol. The van der Waals surface area contributed by atoms with Gasteiger partial charge in [-0.15, -0.1) is 0 Å². The van der Waals surface area contributed by atoms with Crippen molar-refractivity contribution in [1.29, 1.82) is 0 Å². The van der Waals surface area contributed by atoms with Crippen LogP contribution in [0.3, 0.4) is 0 Å². The zero-order valence-electron chi connectivity index (χ0n) is 7.84. The van der Waals surface area contributed by atoms with Gasteiger partial charge in [0.15, 0.2) is 0 Å². The molecule has 1 N–H and O–H groups in total. The van der Waals surface area contributed by atoms with E-state index in [1.54, 1.807) is 0 Å². The van der Waals surface area contributed by atoms with Gasteiger partial charge in [0.05, 0.1) is 19.3 Å². The SMILES string of the molecule is OCCOC1CCCCC/C=C\1Br. The van der Waals surface area contributed by atoms with Crippen molar-refractivity contribution in [3.63, 3.8) is 0 Å². The summed E-state index contributed by atoms with van der Waals surface area (Å²) in [5.74, 6) is 0. The van der Waals surface area contributed by atoms with Gasteiger partial charge in [-0.2, -0.15) is 0 Å². The van der Waals surface area contributed by atoms with Crippen molar-refractivity contribution < 1.29 is 9.84 Å². The Morgan fingerprint density at radius 3 is 3.08 bits per heavy atom. The summed E-state index contributed by atoms with van der Waals surface area (Å²) in [5, 5.41) is 8.65. The number of allylic oxidation sites excluding steroid dienone is 1. The van der Waals surface area contributed by atoms with Crippen LogP contribution in [0.25, 0.3) is 0 Å². The normalized spacial score (nSPS) is 28.8. The summed E-state index contributed by atoms with van der Waals surface area (Å²) >= 11 is 3.52. The first-order valence-electron chi connectivity index (χ1n) is 4.92. The largest absolute Gasteiger partial charge is 0.394 e. The van der Waals surface area contributed by atoms with Gasteiger partial charge in [-0.3, -0.25) is 0 Å². The number of hydrogen-bond donors (Lipinski definition) is 1.